The minimum atomic E-state index is -0.224. The predicted molar refractivity (Wildman–Crippen MR) is 79.4 cm³/mol. The van der Waals surface area contributed by atoms with Gasteiger partial charge in [-0.1, -0.05) is 12.1 Å². The number of carbonyl (C=O) groups excluding carboxylic acids is 1. The number of hydrogen-bond donors (Lipinski definition) is 3. The molecule has 104 valence electrons. The highest BCUT2D eigenvalue weighted by molar-refractivity contribution is 5.99. The van der Waals surface area contributed by atoms with Crippen LogP contribution in [0.15, 0.2) is 42.5 Å². The molecule has 0 aliphatic rings. The topological polar surface area (TPSA) is 90.4 Å². The van der Waals surface area contributed by atoms with Crippen molar-refractivity contribution in [2.75, 3.05) is 18.6 Å². The van der Waals surface area contributed by atoms with Crippen molar-refractivity contribution >= 4 is 17.3 Å². The summed E-state index contributed by atoms with van der Waals surface area (Å²) in [7, 11) is 1.61. The first kappa shape index (κ1) is 13.7. The summed E-state index contributed by atoms with van der Waals surface area (Å²) in [6.45, 7) is 0.423. The number of carbonyl (C=O) groups is 1. The maximum Gasteiger partial charge on any atom is 0.253 e. The third-order valence-corrected chi connectivity index (χ3v) is 2.93. The molecule has 0 aromatic heterocycles. The quantitative estimate of drug-likeness (QED) is 0.739. The number of ether oxygens (including phenoxy) is 1. The van der Waals surface area contributed by atoms with E-state index >= 15 is 0 Å². The minimum Gasteiger partial charge on any atom is -0.497 e. The lowest BCUT2D eigenvalue weighted by Gasteiger charge is -2.08. The van der Waals surface area contributed by atoms with Crippen LogP contribution in [0.4, 0.5) is 11.4 Å². The molecule has 5 heteroatoms. The van der Waals surface area contributed by atoms with Crippen LogP contribution >= 0.6 is 0 Å². The Bertz CT molecular complexity index is 609. The Hall–Kier alpha value is -2.69. The number of methoxy groups -OCH3 is 1. The molecule has 0 fully saturated rings. The number of hydrogen-bond acceptors (Lipinski definition) is 4. The number of anilines is 2. The highest BCUT2D eigenvalue weighted by Crippen LogP contribution is 2.16. The zero-order valence-corrected chi connectivity index (χ0v) is 11.2. The molecule has 0 heterocycles. The van der Waals surface area contributed by atoms with Crippen LogP contribution in [0.3, 0.4) is 0 Å². The van der Waals surface area contributed by atoms with Gasteiger partial charge in [-0.3, -0.25) is 4.79 Å². The summed E-state index contributed by atoms with van der Waals surface area (Å²) >= 11 is 0. The summed E-state index contributed by atoms with van der Waals surface area (Å²) in [6, 6.07) is 12.3. The molecular weight excluding hydrogens is 254 g/mol. The van der Waals surface area contributed by atoms with E-state index in [1.54, 1.807) is 25.3 Å². The van der Waals surface area contributed by atoms with Crippen molar-refractivity contribution in [2.45, 2.75) is 6.54 Å². The molecule has 0 aliphatic carbocycles. The lowest BCUT2D eigenvalue weighted by atomic mass is 10.1. The number of nitrogen functional groups attached to an aromatic ring is 2. The van der Waals surface area contributed by atoms with Gasteiger partial charge in [0.1, 0.15) is 5.75 Å². The fourth-order valence-electron chi connectivity index (χ4n) is 1.81. The lowest BCUT2D eigenvalue weighted by Crippen LogP contribution is -2.23. The Labute approximate surface area is 117 Å². The van der Waals surface area contributed by atoms with Crippen LogP contribution < -0.4 is 21.5 Å². The number of rotatable bonds is 4. The second-order valence-electron chi connectivity index (χ2n) is 4.38. The molecule has 0 atom stereocenters. The van der Waals surface area contributed by atoms with Crippen molar-refractivity contribution in [2.24, 2.45) is 0 Å². The summed E-state index contributed by atoms with van der Waals surface area (Å²) in [4.78, 5) is 12.0. The van der Waals surface area contributed by atoms with Gasteiger partial charge in [0.15, 0.2) is 0 Å². The van der Waals surface area contributed by atoms with Crippen molar-refractivity contribution in [3.63, 3.8) is 0 Å². The molecule has 0 unspecified atom stereocenters. The van der Waals surface area contributed by atoms with Gasteiger partial charge in [-0.25, -0.2) is 0 Å². The van der Waals surface area contributed by atoms with E-state index in [0.29, 0.717) is 23.5 Å². The standard InChI is InChI=1S/C15H17N3O2/c1-20-12-5-2-10(3-6-12)9-18-15(19)13-7-4-11(16)8-14(13)17/h2-8H,9,16-17H2,1H3,(H,18,19). The van der Waals surface area contributed by atoms with Crippen molar-refractivity contribution in [3.8, 4) is 5.75 Å². The van der Waals surface area contributed by atoms with E-state index in [9.17, 15) is 4.79 Å². The number of amides is 1. The first-order chi connectivity index (χ1) is 9.60. The van der Waals surface area contributed by atoms with Gasteiger partial charge in [0.2, 0.25) is 0 Å². The molecule has 0 radical (unpaired) electrons. The monoisotopic (exact) mass is 271 g/mol. The maximum absolute atomic E-state index is 12.0. The average Bonchev–Trinajstić information content (AvgIpc) is 2.45. The third kappa shape index (κ3) is 3.20. The van der Waals surface area contributed by atoms with Crippen LogP contribution in [0.5, 0.6) is 5.75 Å². The van der Waals surface area contributed by atoms with Gasteiger partial charge < -0.3 is 21.5 Å². The second-order valence-corrected chi connectivity index (χ2v) is 4.38. The fraction of sp³-hybridized carbons (Fsp3) is 0.133. The zero-order chi connectivity index (χ0) is 14.5. The van der Waals surface area contributed by atoms with Crippen LogP contribution in [-0.4, -0.2) is 13.0 Å². The lowest BCUT2D eigenvalue weighted by molar-refractivity contribution is 0.0952. The molecule has 2 aromatic rings. The number of benzene rings is 2. The van der Waals surface area contributed by atoms with E-state index in [1.165, 1.54) is 0 Å². The fourth-order valence-corrected chi connectivity index (χ4v) is 1.81. The molecule has 0 spiro atoms. The van der Waals surface area contributed by atoms with Gasteiger partial charge >= 0.3 is 0 Å². The molecule has 5 nitrogen and oxygen atoms in total. The Balaban J connectivity index is 2.00. The number of nitrogens with two attached hydrogens (primary N) is 2. The second kappa shape index (κ2) is 5.97. The van der Waals surface area contributed by atoms with E-state index < -0.39 is 0 Å². The minimum absolute atomic E-state index is 0.224. The third-order valence-electron chi connectivity index (χ3n) is 2.93. The average molecular weight is 271 g/mol. The molecular formula is C15H17N3O2. The van der Waals surface area contributed by atoms with Gasteiger partial charge in [0.05, 0.1) is 12.7 Å². The van der Waals surface area contributed by atoms with E-state index in [4.69, 9.17) is 16.2 Å². The molecule has 0 bridgehead atoms. The normalized spacial score (nSPS) is 10.1. The Kier molecular flexibility index (Phi) is 4.10. The number of nitrogens with one attached hydrogen (secondary N) is 1. The van der Waals surface area contributed by atoms with E-state index in [-0.39, 0.29) is 5.91 Å². The van der Waals surface area contributed by atoms with Crippen molar-refractivity contribution in [3.05, 3.63) is 53.6 Å². The van der Waals surface area contributed by atoms with Crippen molar-refractivity contribution in [1.29, 1.82) is 0 Å². The summed E-state index contributed by atoms with van der Waals surface area (Å²) in [5.41, 5.74) is 13.7. The molecule has 0 saturated heterocycles. The summed E-state index contributed by atoms with van der Waals surface area (Å²) in [6.07, 6.45) is 0. The first-order valence-corrected chi connectivity index (χ1v) is 6.16. The van der Waals surface area contributed by atoms with Crippen LogP contribution in [0.2, 0.25) is 0 Å². The van der Waals surface area contributed by atoms with Gasteiger partial charge in [0, 0.05) is 17.9 Å². The highest BCUT2D eigenvalue weighted by Gasteiger charge is 2.09. The van der Waals surface area contributed by atoms with Gasteiger partial charge in [-0.2, -0.15) is 0 Å². The molecule has 1 amide bonds. The van der Waals surface area contributed by atoms with Crippen LogP contribution in [-0.2, 0) is 6.54 Å². The largest absolute Gasteiger partial charge is 0.497 e. The molecule has 20 heavy (non-hydrogen) atoms. The smallest absolute Gasteiger partial charge is 0.253 e. The SMILES string of the molecule is COc1ccc(CNC(=O)c2ccc(N)cc2N)cc1. The first-order valence-electron chi connectivity index (χ1n) is 6.16. The molecule has 5 N–H and O–H groups in total. The zero-order valence-electron chi connectivity index (χ0n) is 11.2. The Morgan fingerprint density at radius 2 is 1.85 bits per heavy atom. The van der Waals surface area contributed by atoms with Gasteiger partial charge in [-0.05, 0) is 35.9 Å². The summed E-state index contributed by atoms with van der Waals surface area (Å²) in [5, 5.41) is 2.81. The van der Waals surface area contributed by atoms with E-state index in [0.717, 1.165) is 11.3 Å². The van der Waals surface area contributed by atoms with E-state index in [1.807, 2.05) is 24.3 Å². The summed E-state index contributed by atoms with van der Waals surface area (Å²) in [5.74, 6) is 0.557. The predicted octanol–water partition coefficient (Wildman–Crippen LogP) is 1.79. The van der Waals surface area contributed by atoms with Crippen molar-refractivity contribution in [1.82, 2.24) is 5.32 Å². The van der Waals surface area contributed by atoms with Crippen LogP contribution in [0, 0.1) is 0 Å². The molecule has 2 rings (SSSR count). The van der Waals surface area contributed by atoms with Gasteiger partial charge in [0.25, 0.3) is 5.91 Å². The van der Waals surface area contributed by atoms with Gasteiger partial charge in [-0.15, -0.1) is 0 Å². The van der Waals surface area contributed by atoms with E-state index in [2.05, 4.69) is 5.32 Å². The Morgan fingerprint density at radius 1 is 1.15 bits per heavy atom. The maximum atomic E-state index is 12.0. The Morgan fingerprint density at radius 3 is 2.45 bits per heavy atom. The highest BCUT2D eigenvalue weighted by atomic mass is 16.5. The summed E-state index contributed by atoms with van der Waals surface area (Å²) < 4.78 is 5.08. The molecule has 2 aromatic carbocycles. The van der Waals surface area contributed by atoms with Crippen LogP contribution in [0.1, 0.15) is 15.9 Å². The van der Waals surface area contributed by atoms with Crippen molar-refractivity contribution < 1.29 is 9.53 Å². The molecule has 0 saturated carbocycles. The van der Waals surface area contributed by atoms with Crippen LogP contribution in [0.25, 0.3) is 0 Å². The molecule has 0 aliphatic heterocycles.